The van der Waals surface area contributed by atoms with Gasteiger partial charge in [0.2, 0.25) is 0 Å². The van der Waals surface area contributed by atoms with Gasteiger partial charge in [0, 0.05) is 24.5 Å². The summed E-state index contributed by atoms with van der Waals surface area (Å²) in [5.74, 6) is 0. The fourth-order valence-electron chi connectivity index (χ4n) is 2.60. The molecule has 2 heterocycles. The van der Waals surface area contributed by atoms with E-state index < -0.39 is 0 Å². The maximum Gasteiger partial charge on any atom is 0.0419 e. The van der Waals surface area contributed by atoms with E-state index in [1.807, 2.05) is 6.07 Å². The molecule has 1 aromatic heterocycles. The summed E-state index contributed by atoms with van der Waals surface area (Å²) in [5.41, 5.74) is 11.0. The summed E-state index contributed by atoms with van der Waals surface area (Å²) in [6, 6.07) is 8.54. The van der Waals surface area contributed by atoms with Crippen molar-refractivity contribution in [3.63, 3.8) is 0 Å². The van der Waals surface area contributed by atoms with Gasteiger partial charge < -0.3 is 10.6 Å². The van der Waals surface area contributed by atoms with Crippen LogP contribution in [0.4, 0.5) is 11.4 Å². The average molecular weight is 258 g/mol. The molecule has 1 aromatic carbocycles. The number of benzene rings is 1. The van der Waals surface area contributed by atoms with Gasteiger partial charge in [0.05, 0.1) is 0 Å². The lowest BCUT2D eigenvalue weighted by atomic mass is 10.0. The molecule has 0 saturated carbocycles. The summed E-state index contributed by atoms with van der Waals surface area (Å²) in [7, 11) is 0. The van der Waals surface area contributed by atoms with Gasteiger partial charge in [-0.15, -0.1) is 0 Å². The van der Waals surface area contributed by atoms with E-state index in [2.05, 4.69) is 33.9 Å². The number of nitrogens with zero attached hydrogens (tertiary/aromatic N) is 1. The lowest BCUT2D eigenvalue weighted by Gasteiger charge is -2.31. The van der Waals surface area contributed by atoms with Gasteiger partial charge in [-0.3, -0.25) is 0 Å². The number of fused-ring (bicyclic) bond motifs is 1. The number of hydrogen-bond acceptors (Lipinski definition) is 3. The third-order valence-corrected chi connectivity index (χ3v) is 4.31. The van der Waals surface area contributed by atoms with Crippen molar-refractivity contribution in [1.82, 2.24) is 0 Å². The molecule has 0 radical (unpaired) electrons. The van der Waals surface area contributed by atoms with E-state index in [0.717, 1.165) is 25.2 Å². The van der Waals surface area contributed by atoms with Crippen LogP contribution in [0.5, 0.6) is 0 Å². The second kappa shape index (κ2) is 5.02. The van der Waals surface area contributed by atoms with E-state index in [0.29, 0.717) is 0 Å². The van der Waals surface area contributed by atoms with E-state index in [1.165, 1.54) is 29.7 Å². The van der Waals surface area contributed by atoms with Gasteiger partial charge in [-0.1, -0.05) is 6.07 Å². The van der Waals surface area contributed by atoms with Crippen molar-refractivity contribution in [3.05, 3.63) is 46.2 Å². The molecular formula is C15H18N2S. The largest absolute Gasteiger partial charge is 0.399 e. The lowest BCUT2D eigenvalue weighted by molar-refractivity contribution is 0.688. The SMILES string of the molecule is Nc1ccc2c(c1)N(CCc1ccsc1)CCC2. The minimum absolute atomic E-state index is 0.871. The predicted molar refractivity (Wildman–Crippen MR) is 79.4 cm³/mol. The zero-order valence-electron chi connectivity index (χ0n) is 10.4. The summed E-state index contributed by atoms with van der Waals surface area (Å²) in [6.07, 6.45) is 3.56. The van der Waals surface area contributed by atoms with Gasteiger partial charge in [0.1, 0.15) is 0 Å². The maximum absolute atomic E-state index is 5.91. The van der Waals surface area contributed by atoms with Crippen molar-refractivity contribution in [2.24, 2.45) is 0 Å². The van der Waals surface area contributed by atoms with Crippen LogP contribution < -0.4 is 10.6 Å². The fraction of sp³-hybridized carbons (Fsp3) is 0.333. The molecule has 0 saturated heterocycles. The van der Waals surface area contributed by atoms with E-state index in [9.17, 15) is 0 Å². The summed E-state index contributed by atoms with van der Waals surface area (Å²) in [6.45, 7) is 2.24. The molecule has 1 aliphatic rings. The molecule has 0 spiro atoms. The zero-order chi connectivity index (χ0) is 12.4. The van der Waals surface area contributed by atoms with Crippen LogP contribution in [0.1, 0.15) is 17.5 Å². The van der Waals surface area contributed by atoms with Crippen molar-refractivity contribution < 1.29 is 0 Å². The van der Waals surface area contributed by atoms with Gasteiger partial charge in [-0.2, -0.15) is 11.3 Å². The molecule has 0 amide bonds. The van der Waals surface area contributed by atoms with Crippen LogP contribution in [0.2, 0.25) is 0 Å². The van der Waals surface area contributed by atoms with Crippen molar-refractivity contribution in [2.75, 3.05) is 23.7 Å². The number of hydrogen-bond donors (Lipinski definition) is 1. The van der Waals surface area contributed by atoms with E-state index in [-0.39, 0.29) is 0 Å². The Morgan fingerprint density at radius 1 is 1.28 bits per heavy atom. The minimum atomic E-state index is 0.871. The summed E-state index contributed by atoms with van der Waals surface area (Å²) >= 11 is 1.78. The molecule has 0 aliphatic carbocycles. The van der Waals surface area contributed by atoms with Crippen LogP contribution in [0.15, 0.2) is 35.0 Å². The van der Waals surface area contributed by atoms with Crippen LogP contribution in [0, 0.1) is 0 Å². The summed E-state index contributed by atoms with van der Waals surface area (Å²) in [5, 5.41) is 4.39. The lowest BCUT2D eigenvalue weighted by Crippen LogP contribution is -2.31. The minimum Gasteiger partial charge on any atom is -0.399 e. The van der Waals surface area contributed by atoms with Crippen molar-refractivity contribution in [1.29, 1.82) is 0 Å². The molecule has 0 atom stereocenters. The summed E-state index contributed by atoms with van der Waals surface area (Å²) in [4.78, 5) is 2.48. The molecule has 0 bridgehead atoms. The third-order valence-electron chi connectivity index (χ3n) is 3.57. The molecule has 18 heavy (non-hydrogen) atoms. The quantitative estimate of drug-likeness (QED) is 0.856. The Morgan fingerprint density at radius 3 is 3.06 bits per heavy atom. The van der Waals surface area contributed by atoms with E-state index in [1.54, 1.807) is 11.3 Å². The Bertz CT molecular complexity index is 519. The Balaban J connectivity index is 1.76. The molecule has 1 aliphatic heterocycles. The van der Waals surface area contributed by atoms with Crippen LogP contribution in [0.25, 0.3) is 0 Å². The number of aryl methyl sites for hydroxylation is 1. The maximum atomic E-state index is 5.91. The smallest absolute Gasteiger partial charge is 0.0419 e. The van der Waals surface area contributed by atoms with Crippen molar-refractivity contribution in [3.8, 4) is 0 Å². The first-order chi connectivity index (χ1) is 8.83. The first-order valence-corrected chi connectivity index (χ1v) is 7.41. The highest BCUT2D eigenvalue weighted by molar-refractivity contribution is 7.07. The number of thiophene rings is 1. The van der Waals surface area contributed by atoms with Crippen molar-refractivity contribution in [2.45, 2.75) is 19.3 Å². The molecule has 3 rings (SSSR count). The van der Waals surface area contributed by atoms with E-state index in [4.69, 9.17) is 5.73 Å². The Hall–Kier alpha value is -1.48. The van der Waals surface area contributed by atoms with E-state index >= 15 is 0 Å². The topological polar surface area (TPSA) is 29.3 Å². The molecule has 0 unspecified atom stereocenters. The fourth-order valence-corrected chi connectivity index (χ4v) is 3.30. The van der Waals surface area contributed by atoms with Gasteiger partial charge in [0.25, 0.3) is 0 Å². The first kappa shape index (κ1) is 11.6. The number of rotatable bonds is 3. The van der Waals surface area contributed by atoms with Gasteiger partial charge >= 0.3 is 0 Å². The highest BCUT2D eigenvalue weighted by atomic mass is 32.1. The Morgan fingerprint density at radius 2 is 2.22 bits per heavy atom. The van der Waals surface area contributed by atoms with Crippen LogP contribution in [-0.2, 0) is 12.8 Å². The predicted octanol–water partition coefficient (Wildman–Crippen LogP) is 3.33. The molecule has 94 valence electrons. The molecule has 2 nitrogen and oxygen atoms in total. The molecular weight excluding hydrogens is 240 g/mol. The zero-order valence-corrected chi connectivity index (χ0v) is 11.2. The highest BCUT2D eigenvalue weighted by Gasteiger charge is 2.16. The van der Waals surface area contributed by atoms with Gasteiger partial charge in [-0.25, -0.2) is 0 Å². The first-order valence-electron chi connectivity index (χ1n) is 6.47. The average Bonchev–Trinajstić information content (AvgIpc) is 2.89. The Kier molecular flexibility index (Phi) is 3.24. The molecule has 3 heteroatoms. The number of nitrogens with two attached hydrogens (primary N) is 1. The van der Waals surface area contributed by atoms with Gasteiger partial charge in [-0.05, 0) is 59.3 Å². The molecule has 2 N–H and O–H groups in total. The molecule has 0 fully saturated rings. The second-order valence-electron chi connectivity index (χ2n) is 4.86. The standard InChI is InChI=1S/C15H18N2S/c16-14-4-3-13-2-1-7-17(15(13)10-14)8-5-12-6-9-18-11-12/h3-4,6,9-11H,1-2,5,7-8,16H2. The number of anilines is 2. The summed E-state index contributed by atoms with van der Waals surface area (Å²) < 4.78 is 0. The number of nitrogen functional groups attached to an aromatic ring is 1. The monoisotopic (exact) mass is 258 g/mol. The van der Waals surface area contributed by atoms with Gasteiger partial charge in [0.15, 0.2) is 0 Å². The van der Waals surface area contributed by atoms with Crippen LogP contribution in [-0.4, -0.2) is 13.1 Å². The normalized spacial score (nSPS) is 14.6. The molecule has 2 aromatic rings. The highest BCUT2D eigenvalue weighted by Crippen LogP contribution is 2.29. The third kappa shape index (κ3) is 2.36. The Labute approximate surface area is 112 Å². The van der Waals surface area contributed by atoms with Crippen LogP contribution in [0.3, 0.4) is 0 Å². The van der Waals surface area contributed by atoms with Crippen LogP contribution >= 0.6 is 11.3 Å². The van der Waals surface area contributed by atoms with Crippen molar-refractivity contribution >= 4 is 22.7 Å². The second-order valence-corrected chi connectivity index (χ2v) is 5.64.